The summed E-state index contributed by atoms with van der Waals surface area (Å²) >= 11 is 5.77. The van der Waals surface area contributed by atoms with Gasteiger partial charge in [-0.15, -0.1) is 0 Å². The maximum atomic E-state index is 13.6. The molecule has 2 amide bonds. The van der Waals surface area contributed by atoms with Gasteiger partial charge in [-0.1, -0.05) is 18.5 Å². The number of carbonyl (C=O) groups is 2. The van der Waals surface area contributed by atoms with Crippen molar-refractivity contribution in [1.82, 2.24) is 5.32 Å². The molecule has 1 spiro atoms. The van der Waals surface area contributed by atoms with Gasteiger partial charge >= 0.3 is 6.18 Å². The number of carbonyl (C=O) groups excluding carboxylic acids is 2. The summed E-state index contributed by atoms with van der Waals surface area (Å²) in [5.74, 6) is -1.43. The summed E-state index contributed by atoms with van der Waals surface area (Å²) in [6.45, 7) is 3.87. The minimum Gasteiger partial charge on any atom is -0.365 e. The number of ether oxygens (including phenoxy) is 2. The molecule has 168 valence electrons. The number of hydrogen-bond acceptors (Lipinski definition) is 4. The quantitative estimate of drug-likeness (QED) is 0.752. The van der Waals surface area contributed by atoms with Crippen LogP contribution in [0.2, 0.25) is 5.02 Å². The first kappa shape index (κ1) is 21.0. The van der Waals surface area contributed by atoms with Crippen LogP contribution in [-0.4, -0.2) is 41.9 Å². The maximum Gasteiger partial charge on any atom is 0.417 e. The molecule has 10 heteroatoms. The fourth-order valence-corrected chi connectivity index (χ4v) is 6.22. The monoisotopic (exact) mass is 458 g/mol. The van der Waals surface area contributed by atoms with Gasteiger partial charge in [0.15, 0.2) is 0 Å². The van der Waals surface area contributed by atoms with Crippen molar-refractivity contribution in [3.8, 4) is 0 Å². The van der Waals surface area contributed by atoms with Crippen LogP contribution in [0.3, 0.4) is 0 Å². The summed E-state index contributed by atoms with van der Waals surface area (Å²) < 4.78 is 52.6. The highest BCUT2D eigenvalue weighted by Gasteiger charge is 2.78. The predicted octanol–water partition coefficient (Wildman–Crippen LogP) is 3.51. The second-order valence-corrected chi connectivity index (χ2v) is 9.32. The highest BCUT2D eigenvalue weighted by Crippen LogP contribution is 2.65. The van der Waals surface area contributed by atoms with Gasteiger partial charge in [0.2, 0.25) is 11.8 Å². The SMILES string of the molecule is CCC(=O)N[C@H]1C[C@@]23CCO[C@H]4[C@@H]2[C@H](C(=O)N4c2ccc(Cl)c(C(F)(F)F)c2)[C@]1(C)O3. The zero-order chi connectivity index (χ0) is 22.3. The van der Waals surface area contributed by atoms with Crippen molar-refractivity contribution in [2.75, 3.05) is 11.5 Å². The number of nitrogens with one attached hydrogen (secondary N) is 1. The largest absolute Gasteiger partial charge is 0.417 e. The van der Waals surface area contributed by atoms with E-state index in [1.165, 1.54) is 11.0 Å². The lowest BCUT2D eigenvalue weighted by Crippen LogP contribution is -2.57. The molecule has 31 heavy (non-hydrogen) atoms. The summed E-state index contributed by atoms with van der Waals surface area (Å²) in [5.41, 5.74) is -2.51. The third-order valence-electron chi connectivity index (χ3n) is 7.32. The molecule has 5 rings (SSSR count). The fraction of sp³-hybridized carbons (Fsp3) is 0.619. The van der Waals surface area contributed by atoms with Gasteiger partial charge in [-0.05, 0) is 25.1 Å². The van der Waals surface area contributed by atoms with Crippen LogP contribution >= 0.6 is 11.6 Å². The third-order valence-corrected chi connectivity index (χ3v) is 7.65. The van der Waals surface area contributed by atoms with Crippen LogP contribution < -0.4 is 10.2 Å². The molecule has 1 aromatic rings. The topological polar surface area (TPSA) is 67.9 Å². The molecule has 1 aromatic carbocycles. The lowest BCUT2D eigenvalue weighted by molar-refractivity contribution is -0.141. The standard InChI is InChI=1S/C21H22ClF3N2O4/c1-3-14(28)26-13-9-20-6-7-30-18-16(20)15(19(13,2)31-20)17(29)27(18)10-4-5-12(22)11(8-10)21(23,24)25/h4-5,8,13,15-16,18H,3,6-7,9H2,1-2H3,(H,26,28)/t13-,15+,16-,18-,19+,20-/m0/s1. The van der Waals surface area contributed by atoms with Crippen LogP contribution in [0.4, 0.5) is 18.9 Å². The molecular formula is C21H22ClF3N2O4. The van der Waals surface area contributed by atoms with Crippen molar-refractivity contribution < 1.29 is 32.2 Å². The van der Waals surface area contributed by atoms with Crippen molar-refractivity contribution >= 4 is 29.1 Å². The molecule has 0 aliphatic carbocycles. The smallest absolute Gasteiger partial charge is 0.365 e. The molecular weight excluding hydrogens is 437 g/mol. The normalized spacial score (nSPS) is 38.5. The van der Waals surface area contributed by atoms with E-state index in [1.807, 2.05) is 6.92 Å². The molecule has 4 heterocycles. The zero-order valence-electron chi connectivity index (χ0n) is 17.0. The van der Waals surface area contributed by atoms with Crippen molar-refractivity contribution in [1.29, 1.82) is 0 Å². The molecule has 0 radical (unpaired) electrons. The van der Waals surface area contributed by atoms with Crippen molar-refractivity contribution in [3.05, 3.63) is 28.8 Å². The number of alkyl halides is 3. The van der Waals surface area contributed by atoms with Crippen molar-refractivity contribution in [3.63, 3.8) is 0 Å². The zero-order valence-corrected chi connectivity index (χ0v) is 17.7. The maximum absolute atomic E-state index is 13.6. The Labute approximate surface area is 182 Å². The number of halogens is 4. The van der Waals surface area contributed by atoms with Crippen LogP contribution in [0.25, 0.3) is 0 Å². The molecule has 4 saturated heterocycles. The number of anilines is 1. The first-order chi connectivity index (χ1) is 14.5. The fourth-order valence-electron chi connectivity index (χ4n) is 6.00. The molecule has 6 nitrogen and oxygen atoms in total. The molecule has 6 atom stereocenters. The van der Waals surface area contributed by atoms with E-state index in [1.54, 1.807) is 6.92 Å². The number of hydrogen-bond donors (Lipinski definition) is 1. The molecule has 4 fully saturated rings. The lowest BCUT2D eigenvalue weighted by atomic mass is 9.64. The first-order valence-corrected chi connectivity index (χ1v) is 10.7. The van der Waals surface area contributed by atoms with E-state index in [9.17, 15) is 22.8 Å². The molecule has 0 saturated carbocycles. The number of rotatable bonds is 3. The van der Waals surface area contributed by atoms with Crippen molar-refractivity contribution in [2.24, 2.45) is 11.8 Å². The van der Waals surface area contributed by atoms with E-state index in [2.05, 4.69) is 5.32 Å². The average Bonchev–Trinajstić information content (AvgIpc) is 3.25. The van der Waals surface area contributed by atoms with Crippen LogP contribution in [0.5, 0.6) is 0 Å². The van der Waals surface area contributed by atoms with Gasteiger partial charge in [0.05, 0.1) is 40.4 Å². The van der Waals surface area contributed by atoms with Crippen LogP contribution in [0.15, 0.2) is 18.2 Å². The Hall–Kier alpha value is -1.84. The van der Waals surface area contributed by atoms with Gasteiger partial charge < -0.3 is 14.8 Å². The molecule has 1 N–H and O–H groups in total. The number of benzene rings is 1. The van der Waals surface area contributed by atoms with E-state index in [0.717, 1.165) is 12.1 Å². The average molecular weight is 459 g/mol. The van der Waals surface area contributed by atoms with Crippen LogP contribution in [-0.2, 0) is 25.2 Å². The Morgan fingerprint density at radius 1 is 1.39 bits per heavy atom. The summed E-state index contributed by atoms with van der Waals surface area (Å²) in [4.78, 5) is 27.0. The van der Waals surface area contributed by atoms with Crippen molar-refractivity contribution in [2.45, 2.75) is 62.8 Å². The second-order valence-electron chi connectivity index (χ2n) is 8.91. The second kappa shape index (κ2) is 6.59. The van der Waals surface area contributed by atoms with E-state index in [-0.39, 0.29) is 29.5 Å². The predicted molar refractivity (Wildman–Crippen MR) is 104 cm³/mol. The highest BCUT2D eigenvalue weighted by atomic mass is 35.5. The van der Waals surface area contributed by atoms with Gasteiger partial charge in [0.1, 0.15) is 6.23 Å². The Morgan fingerprint density at radius 3 is 2.81 bits per heavy atom. The number of nitrogens with zero attached hydrogens (tertiary/aromatic N) is 1. The summed E-state index contributed by atoms with van der Waals surface area (Å²) in [5, 5.41) is 2.55. The van der Waals surface area contributed by atoms with E-state index < -0.39 is 40.1 Å². The number of fused-ring (bicyclic) bond motifs is 2. The summed E-state index contributed by atoms with van der Waals surface area (Å²) in [7, 11) is 0. The van der Waals surface area contributed by atoms with Gasteiger partial charge in [-0.3, -0.25) is 14.5 Å². The van der Waals surface area contributed by atoms with Gasteiger partial charge in [0, 0.05) is 30.9 Å². The minimum absolute atomic E-state index is 0.0929. The molecule has 2 bridgehead atoms. The van der Waals surface area contributed by atoms with Crippen LogP contribution in [0.1, 0.15) is 38.7 Å². The number of amides is 2. The minimum atomic E-state index is -4.65. The van der Waals surface area contributed by atoms with Gasteiger partial charge in [-0.25, -0.2) is 0 Å². The Kier molecular flexibility index (Phi) is 4.47. The van der Waals surface area contributed by atoms with E-state index in [0.29, 0.717) is 25.9 Å². The molecule has 4 aliphatic heterocycles. The lowest BCUT2D eigenvalue weighted by Gasteiger charge is -2.43. The summed E-state index contributed by atoms with van der Waals surface area (Å²) in [6.07, 6.45) is -3.95. The first-order valence-electron chi connectivity index (χ1n) is 10.3. The third kappa shape index (κ3) is 2.79. The molecule has 0 aromatic heterocycles. The molecule has 4 aliphatic rings. The van der Waals surface area contributed by atoms with Crippen LogP contribution in [0, 0.1) is 11.8 Å². The summed E-state index contributed by atoms with van der Waals surface area (Å²) in [6, 6.07) is 3.10. The van der Waals surface area contributed by atoms with E-state index >= 15 is 0 Å². The van der Waals surface area contributed by atoms with E-state index in [4.69, 9.17) is 21.1 Å². The Bertz CT molecular complexity index is 972. The van der Waals surface area contributed by atoms with Gasteiger partial charge in [-0.2, -0.15) is 13.2 Å². The highest BCUT2D eigenvalue weighted by molar-refractivity contribution is 6.31. The van der Waals surface area contributed by atoms with Gasteiger partial charge in [0.25, 0.3) is 0 Å². The Morgan fingerprint density at radius 2 is 2.13 bits per heavy atom. The Balaban J connectivity index is 1.56. The molecule has 0 unspecified atom stereocenters.